The van der Waals surface area contributed by atoms with Crippen LogP contribution in [0.4, 0.5) is 5.69 Å². The van der Waals surface area contributed by atoms with Crippen molar-refractivity contribution in [1.82, 2.24) is 0 Å². The highest BCUT2D eigenvalue weighted by Gasteiger charge is 2.15. The summed E-state index contributed by atoms with van der Waals surface area (Å²) >= 11 is 6.13. The zero-order valence-corrected chi connectivity index (χ0v) is 14.4. The molecule has 2 rings (SSSR count). The molecule has 1 nitrogen and oxygen atoms in total. The van der Waals surface area contributed by atoms with E-state index in [0.717, 1.165) is 22.8 Å². The molecule has 0 bridgehead atoms. The summed E-state index contributed by atoms with van der Waals surface area (Å²) in [5, 5.41) is 5.76. The maximum atomic E-state index is 6.13. The molecule has 20 heavy (non-hydrogen) atoms. The molecule has 0 amide bonds. The Morgan fingerprint density at radius 3 is 2.25 bits per heavy atom. The van der Waals surface area contributed by atoms with Gasteiger partial charge in [0, 0.05) is 17.3 Å². The van der Waals surface area contributed by atoms with Gasteiger partial charge in [0.1, 0.15) is 0 Å². The molecule has 0 heterocycles. The minimum atomic E-state index is -1.20. The van der Waals surface area contributed by atoms with Crippen LogP contribution >= 0.6 is 11.6 Å². The summed E-state index contributed by atoms with van der Waals surface area (Å²) in [6.07, 6.45) is 0. The van der Waals surface area contributed by atoms with Gasteiger partial charge in [-0.25, -0.2) is 0 Å². The summed E-state index contributed by atoms with van der Waals surface area (Å²) in [4.78, 5) is 0. The van der Waals surface area contributed by atoms with Crippen molar-refractivity contribution in [2.24, 2.45) is 0 Å². The van der Waals surface area contributed by atoms with Crippen LogP contribution in [0.1, 0.15) is 11.1 Å². The van der Waals surface area contributed by atoms with Crippen molar-refractivity contribution < 1.29 is 0 Å². The lowest BCUT2D eigenvalue weighted by Gasteiger charge is -2.17. The minimum Gasteiger partial charge on any atom is -0.381 e. The van der Waals surface area contributed by atoms with E-state index >= 15 is 0 Å². The molecule has 0 atom stereocenters. The topological polar surface area (TPSA) is 12.0 Å². The van der Waals surface area contributed by atoms with E-state index in [9.17, 15) is 0 Å². The highest BCUT2D eigenvalue weighted by atomic mass is 35.5. The Morgan fingerprint density at radius 2 is 1.65 bits per heavy atom. The van der Waals surface area contributed by atoms with E-state index < -0.39 is 8.07 Å². The van der Waals surface area contributed by atoms with Crippen molar-refractivity contribution >= 4 is 30.5 Å². The second kappa shape index (κ2) is 6.02. The summed E-state index contributed by atoms with van der Waals surface area (Å²) in [6, 6.07) is 15.0. The van der Waals surface area contributed by atoms with E-state index in [1.54, 1.807) is 0 Å². The van der Waals surface area contributed by atoms with Gasteiger partial charge in [0.05, 0.1) is 8.07 Å². The largest absolute Gasteiger partial charge is 0.381 e. The van der Waals surface area contributed by atoms with Gasteiger partial charge in [0.15, 0.2) is 0 Å². The van der Waals surface area contributed by atoms with Gasteiger partial charge in [-0.05, 0) is 30.2 Å². The van der Waals surface area contributed by atoms with Crippen molar-refractivity contribution in [1.29, 1.82) is 0 Å². The quantitative estimate of drug-likeness (QED) is 0.800. The van der Waals surface area contributed by atoms with Crippen molar-refractivity contribution in [3.63, 3.8) is 0 Å². The van der Waals surface area contributed by atoms with Gasteiger partial charge >= 0.3 is 0 Å². The van der Waals surface area contributed by atoms with Gasteiger partial charge in [0.25, 0.3) is 0 Å². The first-order valence-electron chi connectivity index (χ1n) is 6.96. The zero-order valence-electron chi connectivity index (χ0n) is 12.6. The molecule has 106 valence electrons. The van der Waals surface area contributed by atoms with Crippen LogP contribution in [0.5, 0.6) is 0 Å². The van der Waals surface area contributed by atoms with Crippen LogP contribution in [-0.4, -0.2) is 8.07 Å². The first-order chi connectivity index (χ1) is 9.38. The van der Waals surface area contributed by atoms with Crippen LogP contribution in [0.2, 0.25) is 24.7 Å². The molecule has 0 aliphatic rings. The van der Waals surface area contributed by atoms with E-state index in [4.69, 9.17) is 11.6 Å². The number of halogens is 1. The Hall–Kier alpha value is -1.25. The number of benzene rings is 2. The van der Waals surface area contributed by atoms with Crippen LogP contribution in [0.25, 0.3) is 0 Å². The first-order valence-corrected chi connectivity index (χ1v) is 10.8. The maximum Gasteiger partial charge on any atom is 0.0775 e. The van der Waals surface area contributed by atoms with Crippen molar-refractivity contribution in [3.05, 3.63) is 58.6 Å². The lowest BCUT2D eigenvalue weighted by atomic mass is 10.2. The number of hydrogen-bond donors (Lipinski definition) is 1. The fraction of sp³-hybridized carbons (Fsp3) is 0.294. The van der Waals surface area contributed by atoms with E-state index in [1.807, 2.05) is 19.1 Å². The Morgan fingerprint density at radius 1 is 1.00 bits per heavy atom. The van der Waals surface area contributed by atoms with Gasteiger partial charge in [-0.3, -0.25) is 0 Å². The third kappa shape index (κ3) is 3.65. The normalized spacial score (nSPS) is 11.4. The molecular weight excluding hydrogens is 282 g/mol. The van der Waals surface area contributed by atoms with Gasteiger partial charge in [-0.15, -0.1) is 0 Å². The molecule has 0 unspecified atom stereocenters. The van der Waals surface area contributed by atoms with Crippen molar-refractivity contribution in [2.75, 3.05) is 5.32 Å². The fourth-order valence-corrected chi connectivity index (χ4v) is 3.46. The predicted molar refractivity (Wildman–Crippen MR) is 92.9 cm³/mol. The second-order valence-electron chi connectivity index (χ2n) is 6.21. The Bertz CT molecular complexity index is 585. The molecule has 0 fully saturated rings. The summed E-state index contributed by atoms with van der Waals surface area (Å²) in [5.74, 6) is 0. The van der Waals surface area contributed by atoms with E-state index in [-0.39, 0.29) is 0 Å². The Balaban J connectivity index is 2.06. The molecule has 0 saturated carbocycles. The molecule has 2 aromatic carbocycles. The molecular formula is C17H22ClNSi. The monoisotopic (exact) mass is 303 g/mol. The van der Waals surface area contributed by atoms with Gasteiger partial charge in [-0.2, -0.15) is 0 Å². The number of anilines is 1. The smallest absolute Gasteiger partial charge is 0.0775 e. The first kappa shape index (κ1) is 15.1. The average molecular weight is 304 g/mol. The lowest BCUT2D eigenvalue weighted by molar-refractivity contribution is 1.14. The maximum absolute atomic E-state index is 6.13. The molecule has 0 radical (unpaired) electrons. The van der Waals surface area contributed by atoms with Crippen molar-refractivity contribution in [2.45, 2.75) is 33.1 Å². The third-order valence-corrected chi connectivity index (χ3v) is 6.05. The van der Waals surface area contributed by atoms with E-state index in [0.29, 0.717) is 0 Å². The minimum absolute atomic E-state index is 0.809. The predicted octanol–water partition coefficient (Wildman–Crippen LogP) is 4.81. The highest BCUT2D eigenvalue weighted by Crippen LogP contribution is 2.23. The molecule has 2 aromatic rings. The van der Waals surface area contributed by atoms with Crippen molar-refractivity contribution in [3.8, 4) is 0 Å². The SMILES string of the molecule is Cc1c(Cl)cccc1NCc1ccc([Si](C)(C)C)cc1. The molecule has 0 aromatic heterocycles. The Labute approximate surface area is 128 Å². The third-order valence-electron chi connectivity index (χ3n) is 3.57. The van der Waals surface area contributed by atoms with Crippen LogP contribution in [0.15, 0.2) is 42.5 Å². The van der Waals surface area contributed by atoms with Gasteiger partial charge < -0.3 is 5.32 Å². The molecule has 0 spiro atoms. The van der Waals surface area contributed by atoms with E-state index in [1.165, 1.54) is 10.8 Å². The molecule has 1 N–H and O–H groups in total. The van der Waals surface area contributed by atoms with Crippen LogP contribution in [-0.2, 0) is 6.54 Å². The van der Waals surface area contributed by atoms with Crippen LogP contribution in [0, 0.1) is 6.92 Å². The average Bonchev–Trinajstić information content (AvgIpc) is 2.40. The number of hydrogen-bond acceptors (Lipinski definition) is 1. The Kier molecular flexibility index (Phi) is 4.56. The number of rotatable bonds is 4. The summed E-state index contributed by atoms with van der Waals surface area (Å²) < 4.78 is 0. The second-order valence-corrected chi connectivity index (χ2v) is 11.7. The molecule has 3 heteroatoms. The number of nitrogens with one attached hydrogen (secondary N) is 1. The van der Waals surface area contributed by atoms with Crippen LogP contribution < -0.4 is 10.5 Å². The summed E-state index contributed by atoms with van der Waals surface area (Å²) in [7, 11) is -1.20. The zero-order chi connectivity index (χ0) is 14.8. The lowest BCUT2D eigenvalue weighted by Crippen LogP contribution is -2.37. The highest BCUT2D eigenvalue weighted by molar-refractivity contribution is 6.88. The van der Waals surface area contributed by atoms with Crippen LogP contribution in [0.3, 0.4) is 0 Å². The fourth-order valence-electron chi connectivity index (χ4n) is 2.12. The standard InChI is InChI=1S/C17H22ClNSi/c1-13-16(18)6-5-7-17(13)19-12-14-8-10-15(11-9-14)20(2,3)4/h5-11,19H,12H2,1-4H3. The van der Waals surface area contributed by atoms with Gasteiger partial charge in [-0.1, -0.05) is 66.8 Å². The summed E-state index contributed by atoms with van der Waals surface area (Å²) in [5.41, 5.74) is 3.51. The molecule has 0 saturated heterocycles. The summed E-state index contributed by atoms with van der Waals surface area (Å²) in [6.45, 7) is 9.98. The van der Waals surface area contributed by atoms with E-state index in [2.05, 4.69) is 55.3 Å². The molecule has 0 aliphatic heterocycles. The molecule has 0 aliphatic carbocycles. The van der Waals surface area contributed by atoms with Gasteiger partial charge in [0.2, 0.25) is 0 Å².